The molecule has 1 aliphatic heterocycles. The number of halogens is 1. The van der Waals surface area contributed by atoms with Crippen molar-refractivity contribution in [1.82, 2.24) is 19.0 Å². The van der Waals surface area contributed by atoms with E-state index < -0.39 is 15.6 Å². The van der Waals surface area contributed by atoms with Crippen LogP contribution >= 0.6 is 11.6 Å². The molecule has 0 N–H and O–H groups in total. The Morgan fingerprint density at radius 1 is 1.11 bits per heavy atom. The lowest BCUT2D eigenvalue weighted by Gasteiger charge is -2.33. The number of hydrogen-bond donors (Lipinski definition) is 0. The molecule has 1 fully saturated rings. The molecule has 0 spiro atoms. The highest BCUT2D eigenvalue weighted by atomic mass is 35.5. The van der Waals surface area contributed by atoms with Gasteiger partial charge in [0.25, 0.3) is 0 Å². The molecule has 1 aromatic carbocycles. The van der Waals surface area contributed by atoms with Gasteiger partial charge in [-0.3, -0.25) is 9.58 Å². The maximum absolute atomic E-state index is 12.2. The fourth-order valence-corrected chi connectivity index (χ4v) is 5.09. The average molecular weight is 411 g/mol. The molecule has 3 aromatic rings. The molecular weight excluding hydrogens is 392 g/mol. The number of para-hydroxylation sites is 1. The first-order chi connectivity index (χ1) is 13.0. The minimum Gasteiger partial charge on any atom is -0.422 e. The normalized spacial score (nSPS) is 17.1. The molecule has 27 heavy (non-hydrogen) atoms. The van der Waals surface area contributed by atoms with Gasteiger partial charge in [0.05, 0.1) is 12.4 Å². The van der Waals surface area contributed by atoms with Crippen LogP contribution in [0.2, 0.25) is 0 Å². The monoisotopic (exact) mass is 410 g/mol. The quantitative estimate of drug-likeness (QED) is 0.465. The van der Waals surface area contributed by atoms with Crippen LogP contribution in [0.25, 0.3) is 21.9 Å². The topological polar surface area (TPSA) is 88.7 Å². The first kappa shape index (κ1) is 18.4. The highest BCUT2D eigenvalue weighted by Gasteiger charge is 2.26. The second-order valence-corrected chi connectivity index (χ2v) is 8.95. The second-order valence-electron chi connectivity index (χ2n) is 6.48. The van der Waals surface area contributed by atoms with E-state index in [0.717, 1.165) is 5.39 Å². The summed E-state index contributed by atoms with van der Waals surface area (Å²) in [5.74, 6) is 0.0565. The van der Waals surface area contributed by atoms with E-state index in [-0.39, 0.29) is 11.6 Å². The molecule has 0 aliphatic carbocycles. The second kappa shape index (κ2) is 7.23. The largest absolute Gasteiger partial charge is 0.422 e. The van der Waals surface area contributed by atoms with Crippen molar-refractivity contribution in [3.05, 3.63) is 40.9 Å². The zero-order chi connectivity index (χ0) is 19.0. The summed E-state index contributed by atoms with van der Waals surface area (Å²) in [7, 11) is -3.28. The zero-order valence-corrected chi connectivity index (χ0v) is 16.1. The number of nitrogens with zero attached hydrogens (tertiary/aromatic N) is 4. The van der Waals surface area contributed by atoms with Crippen molar-refractivity contribution in [2.45, 2.75) is 6.67 Å². The predicted octanol–water partition coefficient (Wildman–Crippen LogP) is 1.29. The Morgan fingerprint density at radius 2 is 1.85 bits per heavy atom. The summed E-state index contributed by atoms with van der Waals surface area (Å²) >= 11 is 5.57. The Bertz CT molecular complexity index is 1130. The Kier molecular flexibility index (Phi) is 4.94. The molecule has 10 heteroatoms. The van der Waals surface area contributed by atoms with Gasteiger partial charge in [0.1, 0.15) is 16.5 Å². The summed E-state index contributed by atoms with van der Waals surface area (Å²) < 4.78 is 32.7. The smallest absolute Gasteiger partial charge is 0.347 e. The molecular formula is C17H19ClN4O4S. The summed E-state index contributed by atoms with van der Waals surface area (Å²) in [5.41, 5.74) is 0.718. The maximum atomic E-state index is 12.2. The molecule has 0 bridgehead atoms. The van der Waals surface area contributed by atoms with Gasteiger partial charge < -0.3 is 4.42 Å². The average Bonchev–Trinajstić information content (AvgIpc) is 3.07. The van der Waals surface area contributed by atoms with Crippen molar-refractivity contribution in [3.63, 3.8) is 0 Å². The standard InChI is InChI=1S/C17H19ClN4O4S/c18-5-10-27(24,25)22-8-6-20(7-9-22)12-21-11-14-16(19-21)13-3-1-2-4-15(13)26-17(14)23/h1-4,11H,5-10,12H2. The summed E-state index contributed by atoms with van der Waals surface area (Å²) in [4.78, 5) is 14.3. The van der Waals surface area contributed by atoms with E-state index in [1.165, 1.54) is 4.31 Å². The van der Waals surface area contributed by atoms with E-state index in [1.54, 1.807) is 16.9 Å². The predicted molar refractivity (Wildman–Crippen MR) is 103 cm³/mol. The van der Waals surface area contributed by atoms with Crippen LogP contribution in [0.5, 0.6) is 0 Å². The lowest BCUT2D eigenvalue weighted by Crippen LogP contribution is -2.49. The number of rotatable bonds is 5. The number of aromatic nitrogens is 2. The van der Waals surface area contributed by atoms with Crippen LogP contribution in [0.4, 0.5) is 0 Å². The summed E-state index contributed by atoms with van der Waals surface area (Å²) in [5, 5.41) is 5.79. The molecule has 3 heterocycles. The van der Waals surface area contributed by atoms with Crippen molar-refractivity contribution in [2.24, 2.45) is 0 Å². The molecule has 8 nitrogen and oxygen atoms in total. The Hall–Kier alpha value is -1.94. The van der Waals surface area contributed by atoms with Crippen molar-refractivity contribution >= 4 is 43.5 Å². The van der Waals surface area contributed by atoms with Gasteiger partial charge in [-0.1, -0.05) is 12.1 Å². The first-order valence-corrected chi connectivity index (χ1v) is 10.8. The van der Waals surface area contributed by atoms with Gasteiger partial charge in [0.2, 0.25) is 10.0 Å². The maximum Gasteiger partial charge on any atom is 0.347 e. The molecule has 0 radical (unpaired) electrons. The number of piperazine rings is 1. The van der Waals surface area contributed by atoms with E-state index in [2.05, 4.69) is 10.00 Å². The Morgan fingerprint density at radius 3 is 2.59 bits per heavy atom. The highest BCUT2D eigenvalue weighted by molar-refractivity contribution is 7.89. The molecule has 1 aliphatic rings. The lowest BCUT2D eigenvalue weighted by molar-refractivity contribution is 0.146. The molecule has 144 valence electrons. The van der Waals surface area contributed by atoms with Crippen LogP contribution in [0.15, 0.2) is 39.7 Å². The van der Waals surface area contributed by atoms with Gasteiger partial charge in [0, 0.05) is 43.6 Å². The summed E-state index contributed by atoms with van der Waals surface area (Å²) in [6.07, 6.45) is 1.68. The van der Waals surface area contributed by atoms with Gasteiger partial charge in [0.15, 0.2) is 0 Å². The fraction of sp³-hybridized carbons (Fsp3) is 0.412. The fourth-order valence-electron chi connectivity index (χ4n) is 3.33. The number of alkyl halides is 1. The van der Waals surface area contributed by atoms with Gasteiger partial charge in [-0.25, -0.2) is 13.2 Å². The molecule has 0 atom stereocenters. The van der Waals surface area contributed by atoms with Crippen molar-refractivity contribution in [1.29, 1.82) is 0 Å². The van der Waals surface area contributed by atoms with E-state index in [4.69, 9.17) is 16.0 Å². The van der Waals surface area contributed by atoms with Crippen LogP contribution in [0.1, 0.15) is 0 Å². The van der Waals surface area contributed by atoms with Crippen molar-refractivity contribution in [2.75, 3.05) is 37.8 Å². The molecule has 4 rings (SSSR count). The van der Waals surface area contributed by atoms with Crippen LogP contribution in [-0.2, 0) is 16.7 Å². The Labute approximate surface area is 161 Å². The molecule has 1 saturated heterocycles. The van der Waals surface area contributed by atoms with Gasteiger partial charge >= 0.3 is 5.63 Å². The van der Waals surface area contributed by atoms with Gasteiger partial charge in [-0.2, -0.15) is 9.40 Å². The van der Waals surface area contributed by atoms with Crippen LogP contribution in [-0.4, -0.2) is 65.2 Å². The van der Waals surface area contributed by atoms with Crippen LogP contribution in [0.3, 0.4) is 0 Å². The summed E-state index contributed by atoms with van der Waals surface area (Å²) in [6.45, 7) is 2.50. The third-order valence-corrected chi connectivity index (χ3v) is 7.02. The number of fused-ring (bicyclic) bond motifs is 3. The number of hydrogen-bond acceptors (Lipinski definition) is 6. The van der Waals surface area contributed by atoms with Gasteiger partial charge in [-0.05, 0) is 12.1 Å². The first-order valence-electron chi connectivity index (χ1n) is 8.63. The third-order valence-electron chi connectivity index (χ3n) is 4.73. The molecule has 2 aromatic heterocycles. The van der Waals surface area contributed by atoms with Crippen molar-refractivity contribution < 1.29 is 12.8 Å². The van der Waals surface area contributed by atoms with E-state index >= 15 is 0 Å². The van der Waals surface area contributed by atoms with E-state index in [1.807, 2.05) is 18.2 Å². The minimum absolute atomic E-state index is 0.0397. The molecule has 0 unspecified atom stereocenters. The number of benzene rings is 1. The minimum atomic E-state index is -3.28. The van der Waals surface area contributed by atoms with E-state index in [0.29, 0.717) is 49.3 Å². The van der Waals surface area contributed by atoms with E-state index in [9.17, 15) is 13.2 Å². The molecule has 0 saturated carbocycles. The SMILES string of the molecule is O=c1oc2ccccc2c2nn(CN3CCN(S(=O)(=O)CCCl)CC3)cc12. The van der Waals surface area contributed by atoms with Crippen LogP contribution < -0.4 is 5.63 Å². The van der Waals surface area contributed by atoms with Crippen LogP contribution in [0, 0.1) is 0 Å². The summed E-state index contributed by atoms with van der Waals surface area (Å²) in [6, 6.07) is 7.31. The van der Waals surface area contributed by atoms with Gasteiger partial charge in [-0.15, -0.1) is 11.6 Å². The lowest BCUT2D eigenvalue weighted by atomic mass is 10.2. The Balaban J connectivity index is 1.53. The highest BCUT2D eigenvalue weighted by Crippen LogP contribution is 2.21. The molecule has 0 amide bonds. The number of sulfonamides is 1. The zero-order valence-electron chi connectivity index (χ0n) is 14.5. The third kappa shape index (κ3) is 3.60. The van der Waals surface area contributed by atoms with Crippen molar-refractivity contribution in [3.8, 4) is 0 Å².